The summed E-state index contributed by atoms with van der Waals surface area (Å²) in [4.78, 5) is 25.8. The number of hydrogen-bond donors (Lipinski definition) is 3. The summed E-state index contributed by atoms with van der Waals surface area (Å²) >= 11 is 0. The van der Waals surface area contributed by atoms with E-state index in [9.17, 15) is 14.7 Å². The maximum atomic E-state index is 13.3. The number of carbonyl (C=O) groups excluding carboxylic acids is 2. The molecule has 3 aromatic rings. The molecule has 0 aromatic heterocycles. The van der Waals surface area contributed by atoms with Crippen molar-refractivity contribution in [2.75, 3.05) is 0 Å². The van der Waals surface area contributed by atoms with Gasteiger partial charge in [-0.3, -0.25) is 9.59 Å². The standard InChI is InChI=1S/C29H30N2O3/c1-21(29(34,23-13-7-3-8-14-23)24-15-9-4-10-16-24)30-26(33)27-18-28(19-27,20-27)31-25(32)17-22-11-5-2-6-12-22/h2-16,21,34H,17-20H2,1H3,(H,30,33)(H,31,32)/t21-,27?,28?/m0/s1. The van der Waals surface area contributed by atoms with Crippen LogP contribution in [0.2, 0.25) is 0 Å². The number of benzene rings is 3. The molecule has 1 atom stereocenters. The molecule has 2 bridgehead atoms. The van der Waals surface area contributed by atoms with Crippen molar-refractivity contribution in [3.63, 3.8) is 0 Å². The highest BCUT2D eigenvalue weighted by Gasteiger charge is 2.72. The fraction of sp³-hybridized carbons (Fsp3) is 0.310. The molecule has 5 nitrogen and oxygen atoms in total. The van der Waals surface area contributed by atoms with Gasteiger partial charge in [0, 0.05) is 5.54 Å². The van der Waals surface area contributed by atoms with Gasteiger partial charge in [0.15, 0.2) is 0 Å². The SMILES string of the molecule is C[C@H](NC(=O)C12CC(NC(=O)Cc3ccccc3)(C1)C2)C(O)(c1ccccc1)c1ccccc1. The zero-order chi connectivity index (χ0) is 23.8. The van der Waals surface area contributed by atoms with Crippen LogP contribution in [0.1, 0.15) is 42.9 Å². The minimum Gasteiger partial charge on any atom is -0.378 e. The molecule has 0 unspecified atom stereocenters. The Morgan fingerprint density at radius 1 is 0.853 bits per heavy atom. The van der Waals surface area contributed by atoms with Crippen molar-refractivity contribution in [2.24, 2.45) is 5.41 Å². The van der Waals surface area contributed by atoms with Crippen LogP contribution < -0.4 is 10.6 Å². The molecule has 0 heterocycles. The fourth-order valence-corrected chi connectivity index (χ4v) is 5.79. The number of nitrogens with one attached hydrogen (secondary N) is 2. The van der Waals surface area contributed by atoms with Crippen LogP contribution >= 0.6 is 0 Å². The van der Waals surface area contributed by atoms with E-state index < -0.39 is 17.1 Å². The Morgan fingerprint density at radius 3 is 1.82 bits per heavy atom. The fourth-order valence-electron chi connectivity index (χ4n) is 5.79. The minimum atomic E-state index is -1.36. The molecule has 3 aromatic carbocycles. The molecule has 0 aliphatic heterocycles. The van der Waals surface area contributed by atoms with Crippen molar-refractivity contribution in [1.82, 2.24) is 10.6 Å². The van der Waals surface area contributed by atoms with Gasteiger partial charge in [-0.15, -0.1) is 0 Å². The molecule has 3 N–H and O–H groups in total. The number of aliphatic hydroxyl groups is 1. The van der Waals surface area contributed by atoms with E-state index in [4.69, 9.17) is 0 Å². The van der Waals surface area contributed by atoms with Gasteiger partial charge < -0.3 is 15.7 Å². The molecule has 34 heavy (non-hydrogen) atoms. The molecule has 0 radical (unpaired) electrons. The lowest BCUT2D eigenvalue weighted by molar-refractivity contribution is -0.185. The molecule has 2 amide bonds. The van der Waals surface area contributed by atoms with Crippen molar-refractivity contribution in [1.29, 1.82) is 0 Å². The smallest absolute Gasteiger partial charge is 0.226 e. The Kier molecular flexibility index (Phi) is 5.53. The summed E-state index contributed by atoms with van der Waals surface area (Å²) in [6, 6.07) is 28.0. The number of carbonyl (C=O) groups is 2. The monoisotopic (exact) mass is 454 g/mol. The second-order valence-electron chi connectivity index (χ2n) is 10.00. The maximum Gasteiger partial charge on any atom is 0.226 e. The van der Waals surface area contributed by atoms with Crippen molar-refractivity contribution < 1.29 is 14.7 Å². The summed E-state index contributed by atoms with van der Waals surface area (Å²) in [6.07, 6.45) is 2.29. The summed E-state index contributed by atoms with van der Waals surface area (Å²) in [5.74, 6) is -0.0553. The molecule has 0 spiro atoms. The molecule has 6 rings (SSSR count). The van der Waals surface area contributed by atoms with Gasteiger partial charge in [-0.2, -0.15) is 0 Å². The molecule has 5 heteroatoms. The van der Waals surface area contributed by atoms with Crippen LogP contribution in [0.15, 0.2) is 91.0 Å². The van der Waals surface area contributed by atoms with Crippen molar-refractivity contribution in [2.45, 2.75) is 49.8 Å². The lowest BCUT2D eigenvalue weighted by Crippen LogP contribution is -2.79. The summed E-state index contributed by atoms with van der Waals surface area (Å²) in [5, 5.41) is 18.1. The van der Waals surface area contributed by atoms with Crippen LogP contribution in [-0.2, 0) is 21.6 Å². The van der Waals surface area contributed by atoms with E-state index in [2.05, 4.69) is 10.6 Å². The molecular formula is C29H30N2O3. The van der Waals surface area contributed by atoms with Gasteiger partial charge in [0.05, 0.1) is 17.9 Å². The third kappa shape index (κ3) is 3.80. The van der Waals surface area contributed by atoms with Crippen molar-refractivity contribution in [3.8, 4) is 0 Å². The predicted molar refractivity (Wildman–Crippen MR) is 131 cm³/mol. The third-order valence-corrected chi connectivity index (χ3v) is 7.53. The molecule has 3 aliphatic rings. The summed E-state index contributed by atoms with van der Waals surface area (Å²) in [7, 11) is 0. The summed E-state index contributed by atoms with van der Waals surface area (Å²) in [5.41, 5.74) is 0.370. The average molecular weight is 455 g/mol. The van der Waals surface area contributed by atoms with Crippen LogP contribution in [0.5, 0.6) is 0 Å². The van der Waals surface area contributed by atoms with Gasteiger partial charge in [0.2, 0.25) is 11.8 Å². The lowest BCUT2D eigenvalue weighted by Gasteiger charge is -2.69. The molecular weight excluding hydrogens is 424 g/mol. The Bertz CT molecular complexity index is 1120. The third-order valence-electron chi connectivity index (χ3n) is 7.53. The van der Waals surface area contributed by atoms with Crippen molar-refractivity contribution >= 4 is 11.8 Å². The van der Waals surface area contributed by atoms with Crippen LogP contribution in [0.25, 0.3) is 0 Å². The number of hydrogen-bond acceptors (Lipinski definition) is 3. The Labute approximate surface area is 200 Å². The first kappa shape index (κ1) is 22.4. The van der Waals surface area contributed by atoms with Crippen LogP contribution in [0.4, 0.5) is 0 Å². The molecule has 0 saturated heterocycles. The topological polar surface area (TPSA) is 78.4 Å². The number of rotatable bonds is 8. The number of amides is 2. The van der Waals surface area contributed by atoms with Gasteiger partial charge in [-0.25, -0.2) is 0 Å². The van der Waals surface area contributed by atoms with E-state index in [-0.39, 0.29) is 17.4 Å². The molecule has 3 saturated carbocycles. The quantitative estimate of drug-likeness (QED) is 0.486. The summed E-state index contributed by atoms with van der Waals surface area (Å²) < 4.78 is 0. The van der Waals surface area contributed by atoms with Gasteiger partial charge in [-0.05, 0) is 42.9 Å². The molecule has 3 fully saturated rings. The summed E-state index contributed by atoms with van der Waals surface area (Å²) in [6.45, 7) is 1.85. The van der Waals surface area contributed by atoms with E-state index in [0.717, 1.165) is 16.7 Å². The van der Waals surface area contributed by atoms with E-state index in [0.29, 0.717) is 25.7 Å². The minimum absolute atomic E-state index is 0.00388. The van der Waals surface area contributed by atoms with Gasteiger partial charge in [0.25, 0.3) is 0 Å². The molecule has 174 valence electrons. The predicted octanol–water partition coefficient (Wildman–Crippen LogP) is 3.71. The first-order valence-corrected chi connectivity index (χ1v) is 11.8. The first-order chi connectivity index (χ1) is 16.4. The normalized spacial score (nSPS) is 23.7. The molecule has 3 aliphatic carbocycles. The Balaban J connectivity index is 1.24. The largest absolute Gasteiger partial charge is 0.378 e. The second kappa shape index (κ2) is 8.41. The first-order valence-electron chi connectivity index (χ1n) is 11.8. The zero-order valence-corrected chi connectivity index (χ0v) is 19.3. The van der Waals surface area contributed by atoms with E-state index in [1.807, 2.05) is 97.9 Å². The van der Waals surface area contributed by atoms with Gasteiger partial charge >= 0.3 is 0 Å². The van der Waals surface area contributed by atoms with Crippen molar-refractivity contribution in [3.05, 3.63) is 108 Å². The van der Waals surface area contributed by atoms with Gasteiger partial charge in [0.1, 0.15) is 5.60 Å². The Morgan fingerprint density at radius 2 is 1.32 bits per heavy atom. The zero-order valence-electron chi connectivity index (χ0n) is 19.3. The van der Waals surface area contributed by atoms with E-state index >= 15 is 0 Å². The van der Waals surface area contributed by atoms with Gasteiger partial charge in [-0.1, -0.05) is 91.0 Å². The highest BCUT2D eigenvalue weighted by Crippen LogP contribution is 2.67. The van der Waals surface area contributed by atoms with Crippen LogP contribution in [0.3, 0.4) is 0 Å². The van der Waals surface area contributed by atoms with E-state index in [1.165, 1.54) is 0 Å². The van der Waals surface area contributed by atoms with Crippen LogP contribution in [0, 0.1) is 5.41 Å². The lowest BCUT2D eigenvalue weighted by atomic mass is 9.39. The van der Waals surface area contributed by atoms with E-state index in [1.54, 1.807) is 0 Å². The highest BCUT2D eigenvalue weighted by molar-refractivity contribution is 5.89. The Hall–Kier alpha value is -3.44. The maximum absolute atomic E-state index is 13.3. The highest BCUT2D eigenvalue weighted by atomic mass is 16.3. The van der Waals surface area contributed by atoms with Crippen LogP contribution in [-0.4, -0.2) is 28.5 Å². The second-order valence-corrected chi connectivity index (χ2v) is 10.00. The average Bonchev–Trinajstić information content (AvgIpc) is 2.81.